The number of hydrogen-bond donors (Lipinski definition) is 2. The van der Waals surface area contributed by atoms with E-state index in [9.17, 15) is 22.8 Å². The number of carbonyl (C=O) groups excluding carboxylic acids is 1. The molecular formula is C9H14F3NO3S. The van der Waals surface area contributed by atoms with Crippen molar-refractivity contribution in [2.75, 3.05) is 11.5 Å². The summed E-state index contributed by atoms with van der Waals surface area (Å²) >= 11 is 1.20. The van der Waals surface area contributed by atoms with Gasteiger partial charge in [-0.3, -0.25) is 4.79 Å². The van der Waals surface area contributed by atoms with Gasteiger partial charge in [-0.25, -0.2) is 4.79 Å². The van der Waals surface area contributed by atoms with Crippen molar-refractivity contribution in [3.63, 3.8) is 0 Å². The average molecular weight is 273 g/mol. The molecule has 100 valence electrons. The lowest BCUT2D eigenvalue weighted by Crippen LogP contribution is -2.48. The normalized spacial score (nSPS) is 13.2. The Hall–Kier alpha value is -0.920. The van der Waals surface area contributed by atoms with Gasteiger partial charge in [-0.05, 0) is 12.2 Å². The minimum absolute atomic E-state index is 0.0723. The van der Waals surface area contributed by atoms with Gasteiger partial charge in [0.1, 0.15) is 6.04 Å². The maximum Gasteiger partial charge on any atom is 0.471 e. The molecule has 0 bridgehead atoms. The zero-order chi connectivity index (χ0) is 13.5. The Morgan fingerprint density at radius 3 is 2.41 bits per heavy atom. The summed E-state index contributed by atoms with van der Waals surface area (Å²) in [6.07, 6.45) is -3.29. The number of carbonyl (C=O) groups is 2. The lowest BCUT2D eigenvalue weighted by molar-refractivity contribution is -0.175. The van der Waals surface area contributed by atoms with Crippen molar-refractivity contribution in [3.8, 4) is 0 Å². The largest absolute Gasteiger partial charge is 0.480 e. The number of aliphatic carboxylic acids is 1. The van der Waals surface area contributed by atoms with Crippen LogP contribution in [0, 0.1) is 0 Å². The summed E-state index contributed by atoms with van der Waals surface area (Å²) in [7, 11) is 0. The molecule has 17 heavy (non-hydrogen) atoms. The second-order valence-corrected chi connectivity index (χ2v) is 4.44. The van der Waals surface area contributed by atoms with Crippen molar-refractivity contribution >= 4 is 23.6 Å². The Bertz CT molecular complexity index is 271. The Morgan fingerprint density at radius 1 is 1.41 bits per heavy atom. The van der Waals surface area contributed by atoms with E-state index < -0.39 is 24.1 Å². The molecule has 0 heterocycles. The van der Waals surface area contributed by atoms with Gasteiger partial charge in [0.2, 0.25) is 0 Å². The molecule has 2 N–H and O–H groups in total. The Balaban J connectivity index is 4.17. The molecule has 0 aromatic rings. The Labute approximate surface area is 101 Å². The van der Waals surface area contributed by atoms with Crippen LogP contribution in [0.5, 0.6) is 0 Å². The zero-order valence-corrected chi connectivity index (χ0v) is 10.0. The van der Waals surface area contributed by atoms with E-state index in [1.165, 1.54) is 17.1 Å². The molecule has 0 spiro atoms. The van der Waals surface area contributed by atoms with E-state index in [1.54, 1.807) is 0 Å². The highest BCUT2D eigenvalue weighted by atomic mass is 32.2. The van der Waals surface area contributed by atoms with Crippen LogP contribution in [0.1, 0.15) is 19.8 Å². The summed E-state index contributed by atoms with van der Waals surface area (Å²) in [5, 5.41) is 10.1. The highest BCUT2D eigenvalue weighted by molar-refractivity contribution is 7.99. The zero-order valence-electron chi connectivity index (χ0n) is 9.21. The lowest BCUT2D eigenvalue weighted by Gasteiger charge is -2.15. The number of rotatable bonds is 7. The number of carboxylic acid groups (broad SMARTS) is 1. The molecule has 0 fully saturated rings. The summed E-state index contributed by atoms with van der Waals surface area (Å²) < 4.78 is 35.7. The SMILES string of the molecule is CCCCSC[C@H](NC(=O)C(F)(F)F)C(=O)O. The summed E-state index contributed by atoms with van der Waals surface area (Å²) in [5.41, 5.74) is 0. The third-order valence-electron chi connectivity index (χ3n) is 1.79. The van der Waals surface area contributed by atoms with Crippen LogP contribution in [0.4, 0.5) is 13.2 Å². The van der Waals surface area contributed by atoms with Crippen LogP contribution in [0.25, 0.3) is 0 Å². The molecule has 0 aliphatic rings. The molecule has 8 heteroatoms. The van der Waals surface area contributed by atoms with Gasteiger partial charge in [0.15, 0.2) is 0 Å². The first kappa shape index (κ1) is 16.1. The van der Waals surface area contributed by atoms with Gasteiger partial charge in [-0.15, -0.1) is 0 Å². The molecule has 0 radical (unpaired) electrons. The lowest BCUT2D eigenvalue weighted by atomic mass is 10.3. The van der Waals surface area contributed by atoms with Crippen LogP contribution in [0.15, 0.2) is 0 Å². The number of thioether (sulfide) groups is 1. The second kappa shape index (κ2) is 7.41. The number of unbranched alkanes of at least 4 members (excludes halogenated alkanes) is 1. The van der Waals surface area contributed by atoms with Gasteiger partial charge < -0.3 is 10.4 Å². The molecule has 4 nitrogen and oxygen atoms in total. The van der Waals surface area contributed by atoms with E-state index >= 15 is 0 Å². The van der Waals surface area contributed by atoms with Crippen molar-refractivity contribution in [2.24, 2.45) is 0 Å². The number of amides is 1. The molecule has 0 saturated carbocycles. The van der Waals surface area contributed by atoms with Crippen molar-refractivity contribution in [3.05, 3.63) is 0 Å². The summed E-state index contributed by atoms with van der Waals surface area (Å²) in [6, 6.07) is -1.51. The van der Waals surface area contributed by atoms with E-state index in [0.29, 0.717) is 5.75 Å². The second-order valence-electron chi connectivity index (χ2n) is 3.29. The van der Waals surface area contributed by atoms with E-state index in [4.69, 9.17) is 5.11 Å². The van der Waals surface area contributed by atoms with Crippen molar-refractivity contribution in [1.29, 1.82) is 0 Å². The van der Waals surface area contributed by atoms with Crippen LogP contribution in [-0.2, 0) is 9.59 Å². The topological polar surface area (TPSA) is 66.4 Å². The third kappa shape index (κ3) is 7.09. The maximum absolute atomic E-state index is 11.9. The van der Waals surface area contributed by atoms with Gasteiger partial charge in [0, 0.05) is 5.75 Å². The minimum atomic E-state index is -5.05. The van der Waals surface area contributed by atoms with E-state index in [0.717, 1.165) is 12.8 Å². The molecule has 0 aliphatic carbocycles. The predicted molar refractivity (Wildman–Crippen MR) is 57.9 cm³/mol. The maximum atomic E-state index is 11.9. The van der Waals surface area contributed by atoms with Gasteiger partial charge in [-0.2, -0.15) is 24.9 Å². The Kier molecular flexibility index (Phi) is 7.01. The van der Waals surface area contributed by atoms with Gasteiger partial charge >= 0.3 is 18.1 Å². The summed E-state index contributed by atoms with van der Waals surface area (Å²) in [5.74, 6) is -3.10. The fourth-order valence-electron chi connectivity index (χ4n) is 0.862. The monoisotopic (exact) mass is 273 g/mol. The fraction of sp³-hybridized carbons (Fsp3) is 0.778. The van der Waals surface area contributed by atoms with Crippen LogP contribution in [-0.4, -0.2) is 40.7 Å². The first-order valence-electron chi connectivity index (χ1n) is 4.97. The fourth-order valence-corrected chi connectivity index (χ4v) is 1.98. The van der Waals surface area contributed by atoms with Crippen LogP contribution in [0.3, 0.4) is 0 Å². The summed E-state index contributed by atoms with van der Waals surface area (Å²) in [4.78, 5) is 21.2. The first-order chi connectivity index (χ1) is 7.79. The molecular weight excluding hydrogens is 259 g/mol. The van der Waals surface area contributed by atoms with Gasteiger partial charge in [-0.1, -0.05) is 13.3 Å². The summed E-state index contributed by atoms with van der Waals surface area (Å²) in [6.45, 7) is 1.95. The molecule has 1 atom stereocenters. The number of halogens is 3. The number of alkyl halides is 3. The highest BCUT2D eigenvalue weighted by Crippen LogP contribution is 2.15. The molecule has 0 saturated heterocycles. The van der Waals surface area contributed by atoms with E-state index in [1.807, 2.05) is 6.92 Å². The number of carboxylic acids is 1. The Morgan fingerprint density at radius 2 is 2.00 bits per heavy atom. The quantitative estimate of drug-likeness (QED) is 0.692. The van der Waals surface area contributed by atoms with Crippen LogP contribution >= 0.6 is 11.8 Å². The smallest absolute Gasteiger partial charge is 0.471 e. The van der Waals surface area contributed by atoms with Crippen LogP contribution in [0.2, 0.25) is 0 Å². The number of nitrogens with one attached hydrogen (secondary N) is 1. The van der Waals surface area contributed by atoms with Crippen molar-refractivity contribution in [1.82, 2.24) is 5.32 Å². The minimum Gasteiger partial charge on any atom is -0.480 e. The highest BCUT2D eigenvalue weighted by Gasteiger charge is 2.40. The third-order valence-corrected chi connectivity index (χ3v) is 2.93. The van der Waals surface area contributed by atoms with Gasteiger partial charge in [0.05, 0.1) is 0 Å². The van der Waals surface area contributed by atoms with Gasteiger partial charge in [0.25, 0.3) is 0 Å². The standard InChI is InChI=1S/C9H14F3NO3S/c1-2-3-4-17-5-6(7(14)15)13-8(16)9(10,11)12/h6H,2-5H2,1H3,(H,13,16)(H,14,15)/t6-/m0/s1. The van der Waals surface area contributed by atoms with Crippen LogP contribution < -0.4 is 5.32 Å². The predicted octanol–water partition coefficient (Wildman–Crippen LogP) is 1.65. The average Bonchev–Trinajstić information content (AvgIpc) is 2.20. The number of hydrogen-bond acceptors (Lipinski definition) is 3. The molecule has 1 amide bonds. The first-order valence-corrected chi connectivity index (χ1v) is 6.12. The molecule has 0 aromatic carbocycles. The van der Waals surface area contributed by atoms with Crippen molar-refractivity contribution < 1.29 is 27.9 Å². The molecule has 0 rings (SSSR count). The van der Waals surface area contributed by atoms with Crippen molar-refractivity contribution in [2.45, 2.75) is 32.0 Å². The molecule has 0 aliphatic heterocycles. The van der Waals surface area contributed by atoms with E-state index in [2.05, 4.69) is 0 Å². The molecule has 0 unspecified atom stereocenters. The molecule has 0 aromatic heterocycles. The van der Waals surface area contributed by atoms with E-state index in [-0.39, 0.29) is 5.75 Å².